The molecule has 1 aliphatic carbocycles. The van der Waals surface area contributed by atoms with Crippen LogP contribution in [0.3, 0.4) is 0 Å². The molecule has 5 nitrogen and oxygen atoms in total. The van der Waals surface area contributed by atoms with Crippen LogP contribution in [0.5, 0.6) is 0 Å². The van der Waals surface area contributed by atoms with Crippen LogP contribution < -0.4 is 4.90 Å². The third-order valence-corrected chi connectivity index (χ3v) is 7.23. The number of fused-ring (bicyclic) bond motifs is 1. The number of aromatic nitrogens is 3. The predicted molar refractivity (Wildman–Crippen MR) is 125 cm³/mol. The van der Waals surface area contributed by atoms with Gasteiger partial charge < -0.3 is 9.42 Å². The first kappa shape index (κ1) is 19.2. The normalized spacial score (nSPS) is 17.0. The fraction of sp³-hybridized carbons (Fsp3) is 0.296. The van der Waals surface area contributed by atoms with Crippen LogP contribution in [0.15, 0.2) is 71.7 Å². The first-order valence-electron chi connectivity index (χ1n) is 11.4. The standard InChI is InChI=1S/C27H26N4O/c1-19-3-5-22(6-4-19)27(12-2-13-27)23-7-9-24(10-8-23)31-14-11-20-15-28-26(30-25(20)17-31)21-16-29-32-18-21/h3-10,15-16,18H,2,11-14,17H2,1H3. The third-order valence-electron chi connectivity index (χ3n) is 7.23. The van der Waals surface area contributed by atoms with E-state index < -0.39 is 0 Å². The molecule has 5 heteroatoms. The summed E-state index contributed by atoms with van der Waals surface area (Å²) in [7, 11) is 0. The first-order valence-corrected chi connectivity index (χ1v) is 11.4. The Bertz CT molecular complexity index is 1230. The summed E-state index contributed by atoms with van der Waals surface area (Å²) in [6.45, 7) is 3.92. The second-order valence-electron chi connectivity index (χ2n) is 9.10. The minimum absolute atomic E-state index is 0.182. The van der Waals surface area contributed by atoms with Crippen molar-refractivity contribution in [3.8, 4) is 11.4 Å². The van der Waals surface area contributed by atoms with Gasteiger partial charge in [-0.15, -0.1) is 0 Å². The van der Waals surface area contributed by atoms with Crippen molar-refractivity contribution in [1.82, 2.24) is 15.1 Å². The summed E-state index contributed by atoms with van der Waals surface area (Å²) in [5.41, 5.74) is 8.77. The van der Waals surface area contributed by atoms with Gasteiger partial charge in [0.25, 0.3) is 0 Å². The minimum atomic E-state index is 0.182. The molecule has 4 aromatic rings. The lowest BCUT2D eigenvalue weighted by atomic mass is 9.60. The summed E-state index contributed by atoms with van der Waals surface area (Å²) in [6.07, 6.45) is 9.91. The fourth-order valence-corrected chi connectivity index (χ4v) is 5.12. The molecule has 6 rings (SSSR count). The highest BCUT2D eigenvalue weighted by Gasteiger charge is 2.40. The average Bonchev–Trinajstić information content (AvgIpc) is 3.34. The van der Waals surface area contributed by atoms with Crippen LogP contribution in [0, 0.1) is 6.92 Å². The molecule has 2 aliphatic rings. The maximum absolute atomic E-state index is 4.95. The van der Waals surface area contributed by atoms with Gasteiger partial charge in [0, 0.05) is 23.8 Å². The molecule has 32 heavy (non-hydrogen) atoms. The second kappa shape index (κ2) is 7.59. The number of nitrogens with zero attached hydrogens (tertiary/aromatic N) is 4. The van der Waals surface area contributed by atoms with Gasteiger partial charge in [0.15, 0.2) is 5.82 Å². The summed E-state index contributed by atoms with van der Waals surface area (Å²) in [4.78, 5) is 11.7. The Hall–Kier alpha value is -3.47. The highest BCUT2D eigenvalue weighted by atomic mass is 16.5. The summed E-state index contributed by atoms with van der Waals surface area (Å²) < 4.78 is 4.95. The molecule has 0 amide bonds. The van der Waals surface area contributed by atoms with E-state index in [1.807, 2.05) is 6.20 Å². The highest BCUT2D eigenvalue weighted by Crippen LogP contribution is 2.49. The van der Waals surface area contributed by atoms with Gasteiger partial charge >= 0.3 is 0 Å². The minimum Gasteiger partial charge on any atom is -0.365 e. The van der Waals surface area contributed by atoms with E-state index in [1.165, 1.54) is 47.2 Å². The molecule has 0 spiro atoms. The summed E-state index contributed by atoms with van der Waals surface area (Å²) in [5, 5.41) is 3.77. The monoisotopic (exact) mass is 422 g/mol. The maximum atomic E-state index is 4.95. The van der Waals surface area contributed by atoms with Crippen molar-refractivity contribution in [3.63, 3.8) is 0 Å². The highest BCUT2D eigenvalue weighted by molar-refractivity contribution is 5.55. The van der Waals surface area contributed by atoms with Crippen molar-refractivity contribution in [1.29, 1.82) is 0 Å². The molecule has 2 aromatic heterocycles. The maximum Gasteiger partial charge on any atom is 0.164 e. The predicted octanol–water partition coefficient (Wildman–Crippen LogP) is 5.47. The Morgan fingerprint density at radius 1 is 0.938 bits per heavy atom. The number of hydrogen-bond donors (Lipinski definition) is 0. The van der Waals surface area contributed by atoms with E-state index >= 15 is 0 Å². The van der Waals surface area contributed by atoms with E-state index in [-0.39, 0.29) is 5.41 Å². The van der Waals surface area contributed by atoms with Gasteiger partial charge in [-0.1, -0.05) is 53.5 Å². The third kappa shape index (κ3) is 3.20. The summed E-state index contributed by atoms with van der Waals surface area (Å²) in [5.74, 6) is 0.673. The molecule has 1 aliphatic heterocycles. The lowest BCUT2D eigenvalue weighted by molar-refractivity contribution is 0.301. The van der Waals surface area contributed by atoms with Crippen molar-refractivity contribution in [2.45, 2.75) is 44.6 Å². The van der Waals surface area contributed by atoms with Gasteiger partial charge in [0.1, 0.15) is 6.26 Å². The largest absolute Gasteiger partial charge is 0.365 e. The molecule has 0 radical (unpaired) electrons. The van der Waals surface area contributed by atoms with Crippen LogP contribution in [-0.4, -0.2) is 21.7 Å². The van der Waals surface area contributed by atoms with Crippen LogP contribution in [0.25, 0.3) is 11.4 Å². The van der Waals surface area contributed by atoms with E-state index in [0.717, 1.165) is 30.8 Å². The van der Waals surface area contributed by atoms with E-state index in [1.54, 1.807) is 12.5 Å². The summed E-state index contributed by atoms with van der Waals surface area (Å²) >= 11 is 0. The van der Waals surface area contributed by atoms with Crippen molar-refractivity contribution >= 4 is 5.69 Å². The van der Waals surface area contributed by atoms with E-state index in [4.69, 9.17) is 9.51 Å². The molecular formula is C27H26N4O. The Kier molecular flexibility index (Phi) is 4.56. The van der Waals surface area contributed by atoms with Gasteiger partial charge in [-0.3, -0.25) is 0 Å². The van der Waals surface area contributed by atoms with Crippen molar-refractivity contribution in [2.75, 3.05) is 11.4 Å². The zero-order valence-electron chi connectivity index (χ0n) is 18.3. The molecule has 1 fully saturated rings. The Balaban J connectivity index is 1.25. The van der Waals surface area contributed by atoms with E-state index in [9.17, 15) is 0 Å². The smallest absolute Gasteiger partial charge is 0.164 e. The number of benzene rings is 2. The molecule has 3 heterocycles. The van der Waals surface area contributed by atoms with Crippen molar-refractivity contribution in [2.24, 2.45) is 0 Å². The SMILES string of the molecule is Cc1ccc(C2(c3ccc(N4CCc5cnc(-c6cnoc6)nc5C4)cc3)CCC2)cc1. The lowest BCUT2D eigenvalue weighted by Crippen LogP contribution is -2.35. The molecular weight excluding hydrogens is 396 g/mol. The molecule has 0 N–H and O–H groups in total. The second-order valence-corrected chi connectivity index (χ2v) is 9.10. The van der Waals surface area contributed by atoms with Crippen molar-refractivity contribution < 1.29 is 4.52 Å². The summed E-state index contributed by atoms with van der Waals surface area (Å²) in [6, 6.07) is 18.4. The van der Waals surface area contributed by atoms with Gasteiger partial charge in [0.05, 0.1) is 24.0 Å². The molecule has 1 saturated carbocycles. The number of rotatable bonds is 4. The van der Waals surface area contributed by atoms with E-state index in [0.29, 0.717) is 5.82 Å². The average molecular weight is 423 g/mol. The number of aryl methyl sites for hydroxylation is 1. The zero-order valence-corrected chi connectivity index (χ0v) is 18.3. The van der Waals surface area contributed by atoms with Crippen LogP contribution >= 0.6 is 0 Å². The molecule has 0 unspecified atom stereocenters. The van der Waals surface area contributed by atoms with Crippen molar-refractivity contribution in [3.05, 3.63) is 95.1 Å². The van der Waals surface area contributed by atoms with Crippen LogP contribution in [0.4, 0.5) is 5.69 Å². The Labute approximate surface area is 188 Å². The molecule has 0 bridgehead atoms. The molecule has 160 valence electrons. The van der Waals surface area contributed by atoms with E-state index in [2.05, 4.69) is 70.5 Å². The van der Waals surface area contributed by atoms with Gasteiger partial charge in [0.2, 0.25) is 0 Å². The molecule has 0 saturated heterocycles. The first-order chi connectivity index (χ1) is 15.7. The number of hydrogen-bond acceptors (Lipinski definition) is 5. The van der Waals surface area contributed by atoms with Gasteiger partial charge in [-0.25, -0.2) is 9.97 Å². The quantitative estimate of drug-likeness (QED) is 0.436. The molecule has 0 atom stereocenters. The Morgan fingerprint density at radius 3 is 2.34 bits per heavy atom. The molecule has 2 aromatic carbocycles. The zero-order chi connectivity index (χ0) is 21.5. The Morgan fingerprint density at radius 2 is 1.69 bits per heavy atom. The van der Waals surface area contributed by atoms with Crippen LogP contribution in [-0.2, 0) is 18.4 Å². The number of anilines is 1. The lowest BCUT2D eigenvalue weighted by Gasteiger charge is -2.43. The van der Waals surface area contributed by atoms with Crippen LogP contribution in [0.1, 0.15) is 47.2 Å². The topological polar surface area (TPSA) is 55.1 Å². The van der Waals surface area contributed by atoms with Gasteiger partial charge in [-0.05, 0) is 55.0 Å². The fourth-order valence-electron chi connectivity index (χ4n) is 5.12. The van der Waals surface area contributed by atoms with Crippen LogP contribution in [0.2, 0.25) is 0 Å². The van der Waals surface area contributed by atoms with Gasteiger partial charge in [-0.2, -0.15) is 0 Å².